The number of aromatic nitrogens is 4. The maximum absolute atomic E-state index is 13.3. The van der Waals surface area contributed by atoms with Gasteiger partial charge in [-0.05, 0) is 37.0 Å². The zero-order chi connectivity index (χ0) is 24.4. The van der Waals surface area contributed by atoms with Crippen LogP contribution in [0.1, 0.15) is 73.3 Å². The van der Waals surface area contributed by atoms with Crippen LogP contribution in [0.15, 0.2) is 18.2 Å². The molecule has 0 saturated heterocycles. The summed E-state index contributed by atoms with van der Waals surface area (Å²) >= 11 is 0. The van der Waals surface area contributed by atoms with Gasteiger partial charge >= 0.3 is 6.18 Å². The van der Waals surface area contributed by atoms with Gasteiger partial charge in [0, 0.05) is 23.4 Å². The van der Waals surface area contributed by atoms with E-state index in [0.717, 1.165) is 36.0 Å². The molecule has 0 radical (unpaired) electrons. The molecular formula is C24H27F3N6O. The van der Waals surface area contributed by atoms with Crippen molar-refractivity contribution < 1.29 is 18.0 Å². The van der Waals surface area contributed by atoms with Crippen LogP contribution in [0.25, 0.3) is 5.78 Å². The van der Waals surface area contributed by atoms with Crippen LogP contribution >= 0.6 is 0 Å². The van der Waals surface area contributed by atoms with Crippen LogP contribution in [0, 0.1) is 12.3 Å². The van der Waals surface area contributed by atoms with E-state index in [1.807, 2.05) is 30.1 Å². The monoisotopic (exact) mass is 472 g/mol. The number of hydrogen-bond acceptors (Lipinski definition) is 5. The number of fused-ring (bicyclic) bond motifs is 3. The second kappa shape index (κ2) is 7.68. The molecule has 2 aliphatic rings. The lowest BCUT2D eigenvalue weighted by molar-refractivity contribution is -0.138. The van der Waals surface area contributed by atoms with Gasteiger partial charge in [-0.25, -0.2) is 0 Å². The standard InChI is InChI=1S/C24H27F3N6O/c1-13(2)20-30-31-22-29-19(28-10-15-6-5-7-17(14(15)3)24(25,26)27)16-11-32(12-18(16)33(20)22)21(34)23(4)8-9-23/h5-7,13H,8-12H2,1-4H3,(H,28,29,31). The number of hydrogen-bond donors (Lipinski definition) is 1. The quantitative estimate of drug-likeness (QED) is 0.576. The van der Waals surface area contributed by atoms with E-state index in [1.54, 1.807) is 6.07 Å². The van der Waals surface area contributed by atoms with Crippen LogP contribution in [-0.4, -0.2) is 30.4 Å². The summed E-state index contributed by atoms with van der Waals surface area (Å²) in [7, 11) is 0. The zero-order valence-electron chi connectivity index (χ0n) is 19.6. The third kappa shape index (κ3) is 3.69. The van der Waals surface area contributed by atoms with E-state index in [2.05, 4.69) is 20.5 Å². The van der Waals surface area contributed by atoms with Crippen LogP contribution in [-0.2, 0) is 30.6 Å². The average Bonchev–Trinajstić information content (AvgIpc) is 3.19. The number of alkyl halides is 3. The molecule has 1 amide bonds. The molecule has 3 heterocycles. The number of amides is 1. The average molecular weight is 473 g/mol. The summed E-state index contributed by atoms with van der Waals surface area (Å²) in [5.41, 5.74) is 1.53. The van der Waals surface area contributed by atoms with Crippen molar-refractivity contribution in [3.63, 3.8) is 0 Å². The lowest BCUT2D eigenvalue weighted by atomic mass is 10.0. The van der Waals surface area contributed by atoms with E-state index in [4.69, 9.17) is 0 Å². The fraction of sp³-hybridized carbons (Fsp3) is 0.500. The van der Waals surface area contributed by atoms with Crippen molar-refractivity contribution in [2.24, 2.45) is 5.41 Å². The Kier molecular flexibility index (Phi) is 5.11. The Morgan fingerprint density at radius 1 is 1.21 bits per heavy atom. The van der Waals surface area contributed by atoms with Crippen LogP contribution in [0.2, 0.25) is 0 Å². The van der Waals surface area contributed by atoms with E-state index in [0.29, 0.717) is 30.2 Å². The Morgan fingerprint density at radius 3 is 2.59 bits per heavy atom. The van der Waals surface area contributed by atoms with E-state index >= 15 is 0 Å². The van der Waals surface area contributed by atoms with Crippen molar-refractivity contribution in [2.75, 3.05) is 5.32 Å². The molecule has 34 heavy (non-hydrogen) atoms. The Morgan fingerprint density at radius 2 is 1.94 bits per heavy atom. The molecule has 1 saturated carbocycles. The van der Waals surface area contributed by atoms with Crippen molar-refractivity contribution in [3.8, 4) is 0 Å². The molecule has 1 fully saturated rings. The van der Waals surface area contributed by atoms with Gasteiger partial charge in [-0.3, -0.25) is 9.20 Å². The van der Waals surface area contributed by atoms with Gasteiger partial charge in [-0.15, -0.1) is 10.2 Å². The molecular weight excluding hydrogens is 445 g/mol. The molecule has 1 aliphatic heterocycles. The minimum absolute atomic E-state index is 0.109. The van der Waals surface area contributed by atoms with Gasteiger partial charge in [0.25, 0.3) is 5.78 Å². The SMILES string of the molecule is Cc1c(CNc2nc3nnc(C(C)C)n3c3c2CN(C(=O)C2(C)CC2)C3)cccc1C(F)(F)F. The van der Waals surface area contributed by atoms with E-state index in [1.165, 1.54) is 13.0 Å². The van der Waals surface area contributed by atoms with E-state index < -0.39 is 11.7 Å². The van der Waals surface area contributed by atoms with Gasteiger partial charge in [-0.1, -0.05) is 32.9 Å². The predicted molar refractivity (Wildman–Crippen MR) is 120 cm³/mol. The highest BCUT2D eigenvalue weighted by Gasteiger charge is 2.48. The normalized spacial score (nSPS) is 16.9. The highest BCUT2D eigenvalue weighted by Crippen LogP contribution is 2.48. The second-order valence-electron chi connectivity index (χ2n) is 9.90. The summed E-state index contributed by atoms with van der Waals surface area (Å²) in [6.07, 6.45) is -2.64. The Hall–Kier alpha value is -3.17. The summed E-state index contributed by atoms with van der Waals surface area (Å²) in [6.45, 7) is 8.50. The fourth-order valence-corrected chi connectivity index (χ4v) is 4.63. The Balaban J connectivity index is 1.52. The number of rotatable bonds is 5. The highest BCUT2D eigenvalue weighted by molar-refractivity contribution is 5.85. The minimum Gasteiger partial charge on any atom is -0.366 e. The van der Waals surface area contributed by atoms with Gasteiger partial charge < -0.3 is 10.2 Å². The Labute approximate surface area is 195 Å². The van der Waals surface area contributed by atoms with Gasteiger partial charge in [-0.2, -0.15) is 18.2 Å². The van der Waals surface area contributed by atoms with Crippen molar-refractivity contribution in [3.05, 3.63) is 52.0 Å². The van der Waals surface area contributed by atoms with Gasteiger partial charge in [0.2, 0.25) is 5.91 Å². The molecule has 10 heteroatoms. The molecule has 0 spiro atoms. The molecule has 1 aromatic carbocycles. The van der Waals surface area contributed by atoms with Crippen molar-refractivity contribution >= 4 is 17.5 Å². The third-order valence-corrected chi connectivity index (χ3v) is 6.99. The van der Waals surface area contributed by atoms with E-state index in [-0.39, 0.29) is 29.3 Å². The predicted octanol–water partition coefficient (Wildman–Crippen LogP) is 4.83. The van der Waals surface area contributed by atoms with Crippen molar-refractivity contribution in [1.82, 2.24) is 24.5 Å². The maximum atomic E-state index is 13.3. The number of anilines is 1. The molecule has 0 bridgehead atoms. The van der Waals surface area contributed by atoms with Crippen LogP contribution in [0.4, 0.5) is 19.0 Å². The number of halogens is 3. The summed E-state index contributed by atoms with van der Waals surface area (Å²) in [4.78, 5) is 19.6. The minimum atomic E-state index is -4.41. The first kappa shape index (κ1) is 22.6. The Bertz CT molecular complexity index is 1290. The number of carbonyl (C=O) groups is 1. The smallest absolute Gasteiger partial charge is 0.366 e. The lowest BCUT2D eigenvalue weighted by Crippen LogP contribution is -2.31. The van der Waals surface area contributed by atoms with Gasteiger partial charge in [0.05, 0.1) is 24.3 Å². The molecule has 0 unspecified atom stereocenters. The number of benzene rings is 1. The highest BCUT2D eigenvalue weighted by atomic mass is 19.4. The maximum Gasteiger partial charge on any atom is 0.416 e. The van der Waals surface area contributed by atoms with Gasteiger partial charge in [0.1, 0.15) is 11.6 Å². The first-order chi connectivity index (χ1) is 16.0. The summed E-state index contributed by atoms with van der Waals surface area (Å²) in [6, 6.07) is 4.18. The number of nitrogens with one attached hydrogen (secondary N) is 1. The third-order valence-electron chi connectivity index (χ3n) is 6.99. The van der Waals surface area contributed by atoms with Crippen molar-refractivity contribution in [2.45, 2.75) is 72.3 Å². The second-order valence-corrected chi connectivity index (χ2v) is 9.90. The largest absolute Gasteiger partial charge is 0.416 e. The summed E-state index contributed by atoms with van der Waals surface area (Å²) < 4.78 is 42.0. The summed E-state index contributed by atoms with van der Waals surface area (Å²) in [5.74, 6) is 1.94. The number of nitrogens with zero attached hydrogens (tertiary/aromatic N) is 5. The van der Waals surface area contributed by atoms with Crippen LogP contribution in [0.5, 0.6) is 0 Å². The topological polar surface area (TPSA) is 75.4 Å². The molecule has 1 aliphatic carbocycles. The van der Waals surface area contributed by atoms with Gasteiger partial charge in [0.15, 0.2) is 0 Å². The zero-order valence-corrected chi connectivity index (χ0v) is 19.6. The molecule has 3 aromatic rings. The number of carbonyl (C=O) groups excluding carboxylic acids is 1. The first-order valence-corrected chi connectivity index (χ1v) is 11.5. The molecule has 5 rings (SSSR count). The molecule has 2 aromatic heterocycles. The van der Waals surface area contributed by atoms with Crippen LogP contribution in [0.3, 0.4) is 0 Å². The van der Waals surface area contributed by atoms with Crippen molar-refractivity contribution in [1.29, 1.82) is 0 Å². The molecule has 0 atom stereocenters. The van der Waals surface area contributed by atoms with E-state index in [9.17, 15) is 18.0 Å². The molecule has 180 valence electrons. The molecule has 7 nitrogen and oxygen atoms in total. The fourth-order valence-electron chi connectivity index (χ4n) is 4.63. The molecule has 1 N–H and O–H groups in total. The summed E-state index contributed by atoms with van der Waals surface area (Å²) in [5, 5.41) is 11.8. The lowest BCUT2D eigenvalue weighted by Gasteiger charge is -2.19. The van der Waals surface area contributed by atoms with Crippen LogP contribution < -0.4 is 5.32 Å². The first-order valence-electron chi connectivity index (χ1n) is 11.5.